The maximum atomic E-state index is 13.5. The Bertz CT molecular complexity index is 3040. The minimum absolute atomic E-state index is 0.0275. The molecule has 1 aromatic carbocycles. The molecule has 3 aliphatic rings. The molecule has 0 spiro atoms. The molecule has 4 unspecified atom stereocenters. The van der Waals surface area contributed by atoms with Gasteiger partial charge in [0.2, 0.25) is 11.9 Å². The third-order valence-electron chi connectivity index (χ3n) is 14.1. The fraction of sp³-hybridized carbons (Fsp3) is 0.587. The highest BCUT2D eigenvalue weighted by atomic mass is 32.5. The number of nitriles is 1. The molecule has 3 aliphatic heterocycles. The average Bonchev–Trinajstić information content (AvgIpc) is 4.11. The smallest absolute Gasteiger partial charge is 0.330 e. The van der Waals surface area contributed by atoms with Gasteiger partial charge in [-0.1, -0.05) is 73.6 Å². The maximum absolute atomic E-state index is 13.5. The van der Waals surface area contributed by atoms with Gasteiger partial charge in [0.25, 0.3) is 11.5 Å². The highest BCUT2D eigenvalue weighted by Crippen LogP contribution is 2.57. The highest BCUT2D eigenvalue weighted by Gasteiger charge is 2.57. The standard InChI is InChI=1S/C46H65N11O13P2SSi2/c1-26(2)39(58)54-44-53-38-31(41(60)55-44)51-25-57(38)43-35-33(70-75(11,12)46(6,7)8)28(65-43)21-62-71(61)67-34-32(69-74(9,10)45(3,4)5)29(22-64-72(73,68-35)63-20-16-19-47)66-42(34)56-24-50-30-36(48-23-49-37(30)56)52-40(59)27-17-14-13-15-18-27/h13-15,17-18,23-26,28-29,32-35,42-43,61H,16,20-22H2,1-12H3,(H,48,49,52,59)(H2,53,54,55,58,60)/t28-,29-,32?,33?,34+,35+,42-,43-,71?,72?/m1/s1. The highest BCUT2D eigenvalue weighted by molar-refractivity contribution is 8.07. The van der Waals surface area contributed by atoms with Crippen molar-refractivity contribution in [1.82, 2.24) is 39.0 Å². The van der Waals surface area contributed by atoms with E-state index in [1.165, 1.54) is 23.5 Å². The molecule has 406 valence electrons. The largest absolute Gasteiger partial charge is 0.408 e. The molecule has 24 nitrogen and oxygen atoms in total. The first-order chi connectivity index (χ1) is 35.2. The van der Waals surface area contributed by atoms with Gasteiger partial charge in [0.05, 0.1) is 45.0 Å². The van der Waals surface area contributed by atoms with Crippen LogP contribution in [0.4, 0.5) is 11.8 Å². The molecule has 29 heteroatoms. The lowest BCUT2D eigenvalue weighted by Gasteiger charge is -2.41. The lowest BCUT2D eigenvalue weighted by atomic mass is 10.1. The Morgan fingerprint density at radius 2 is 1.51 bits per heavy atom. The van der Waals surface area contributed by atoms with Crippen LogP contribution in [0.15, 0.2) is 54.1 Å². The van der Waals surface area contributed by atoms with E-state index in [0.29, 0.717) is 5.56 Å². The Balaban J connectivity index is 1.23. The molecule has 75 heavy (non-hydrogen) atoms. The number of ether oxygens (including phenoxy) is 2. The number of H-pyrrole nitrogens is 1. The first-order valence-corrected chi connectivity index (χ1v) is 33.9. The first-order valence-electron chi connectivity index (χ1n) is 24.4. The van der Waals surface area contributed by atoms with Crippen LogP contribution >= 0.6 is 15.3 Å². The van der Waals surface area contributed by atoms with Gasteiger partial charge in [0.1, 0.15) is 43.0 Å². The normalized spacial score (nSPS) is 27.1. The Labute approximate surface area is 442 Å². The zero-order chi connectivity index (χ0) is 54.4. The number of aromatic amines is 1. The molecule has 3 fully saturated rings. The van der Waals surface area contributed by atoms with Gasteiger partial charge in [0.15, 0.2) is 57.2 Å². The summed E-state index contributed by atoms with van der Waals surface area (Å²) in [4.78, 5) is 76.8. The van der Waals surface area contributed by atoms with Crippen LogP contribution in [0.3, 0.4) is 0 Å². The molecule has 8 rings (SSSR count). The number of carbonyl (C=O) groups excluding carboxylic acids is 2. The number of anilines is 2. The zero-order valence-electron chi connectivity index (χ0n) is 43.9. The monoisotopic (exact) mass is 1130 g/mol. The van der Waals surface area contributed by atoms with Gasteiger partial charge in [-0.25, -0.2) is 19.9 Å². The second-order valence-corrected chi connectivity index (χ2v) is 35.1. The summed E-state index contributed by atoms with van der Waals surface area (Å²) in [6.45, 7) is 19.2. The number of carbonyl (C=O) groups is 2. The van der Waals surface area contributed by atoms with E-state index in [9.17, 15) is 24.5 Å². The van der Waals surface area contributed by atoms with Crippen molar-refractivity contribution >= 4 is 89.7 Å². The van der Waals surface area contributed by atoms with Crippen LogP contribution in [0.2, 0.25) is 36.3 Å². The van der Waals surface area contributed by atoms with Crippen LogP contribution in [-0.2, 0) is 57.5 Å². The number of nitrogens with zero attached hydrogens (tertiary/aromatic N) is 8. The predicted octanol–water partition coefficient (Wildman–Crippen LogP) is 7.57. The number of imidazole rings is 2. The predicted molar refractivity (Wildman–Crippen MR) is 285 cm³/mol. The zero-order valence-corrected chi connectivity index (χ0v) is 48.5. The number of benzene rings is 1. The number of hydrogen-bond donors (Lipinski definition) is 4. The molecule has 2 amide bonds. The molecular weight excluding hydrogens is 1060 g/mol. The van der Waals surface area contributed by atoms with Gasteiger partial charge < -0.3 is 46.6 Å². The van der Waals surface area contributed by atoms with Crippen molar-refractivity contribution in [3.63, 3.8) is 0 Å². The van der Waals surface area contributed by atoms with Gasteiger partial charge in [-0.05, 0) is 60.2 Å². The number of nitrogens with one attached hydrogen (secondary N) is 3. The number of aromatic nitrogens is 8. The Morgan fingerprint density at radius 3 is 2.13 bits per heavy atom. The van der Waals surface area contributed by atoms with E-state index in [-0.39, 0.29) is 76.3 Å². The van der Waals surface area contributed by atoms with E-state index in [1.807, 2.05) is 13.1 Å². The summed E-state index contributed by atoms with van der Waals surface area (Å²) in [7, 11) is -8.31. The molecule has 5 aromatic rings. The quantitative estimate of drug-likeness (QED) is 0.0502. The van der Waals surface area contributed by atoms with Crippen LogP contribution in [0.5, 0.6) is 0 Å². The Hall–Kier alpha value is -4.34. The van der Waals surface area contributed by atoms with Gasteiger partial charge in [-0.3, -0.25) is 38.3 Å². The van der Waals surface area contributed by atoms with Crippen molar-refractivity contribution in [2.24, 2.45) is 5.92 Å². The van der Waals surface area contributed by atoms with Crippen molar-refractivity contribution in [1.29, 1.82) is 5.26 Å². The SMILES string of the molecule is CC(C)C(=O)Nc1nc2c(ncn2[C@@H]2O[C@@H]3COP(O)O[C@H]4C(O[Si](C)(C)C(C)(C)C)[C@@H](COP(=S)(OCCC#N)O[C@H]2C3O[Si](C)(C)C(C)(C)C)O[C@H]4n2cnc3c(NC(=O)c4ccccc4)ncnc32)c(=O)[nH]1. The Morgan fingerprint density at radius 1 is 0.907 bits per heavy atom. The van der Waals surface area contributed by atoms with Crippen LogP contribution in [0, 0.1) is 17.2 Å². The van der Waals surface area contributed by atoms with Crippen LogP contribution in [0.25, 0.3) is 22.3 Å². The molecule has 10 atom stereocenters. The summed E-state index contributed by atoms with van der Waals surface area (Å²) in [5.41, 5.74) is 0.234. The molecule has 4 N–H and O–H groups in total. The summed E-state index contributed by atoms with van der Waals surface area (Å²) >= 11 is 6.31. The molecular formula is C46H65N11O13P2SSi2. The average molecular weight is 1130 g/mol. The van der Waals surface area contributed by atoms with Crippen LogP contribution in [-0.4, -0.2) is 129 Å². The van der Waals surface area contributed by atoms with E-state index < -0.39 is 98.4 Å². The number of rotatable bonds is 13. The number of hydrogen-bond acceptors (Lipinski definition) is 20. The van der Waals surface area contributed by atoms with E-state index in [4.69, 9.17) is 52.8 Å². The third kappa shape index (κ3) is 12.2. The van der Waals surface area contributed by atoms with Crippen LogP contribution in [0.1, 0.15) is 84.6 Å². The second kappa shape index (κ2) is 22.2. The summed E-state index contributed by atoms with van der Waals surface area (Å²) in [5, 5.41) is 14.5. The fourth-order valence-electron chi connectivity index (χ4n) is 7.89. The summed E-state index contributed by atoms with van der Waals surface area (Å²) in [5.74, 6) is -1.21. The van der Waals surface area contributed by atoms with Crippen LogP contribution < -0.4 is 16.2 Å². The third-order valence-corrected chi connectivity index (χ3v) is 26.2. The number of amides is 2. The van der Waals surface area contributed by atoms with E-state index in [1.54, 1.807) is 48.7 Å². The number of fused-ring (bicyclic) bond motifs is 6. The maximum Gasteiger partial charge on any atom is 0.330 e. The van der Waals surface area contributed by atoms with Crippen molar-refractivity contribution in [2.45, 2.75) is 147 Å². The lowest BCUT2D eigenvalue weighted by Crippen LogP contribution is -2.51. The summed E-state index contributed by atoms with van der Waals surface area (Å²) in [6.07, 6.45) is -4.72. The molecule has 4 bridgehead atoms. The van der Waals surface area contributed by atoms with Gasteiger partial charge >= 0.3 is 15.3 Å². The topological polar surface area (TPSA) is 292 Å². The van der Waals surface area contributed by atoms with Crippen molar-refractivity contribution in [3.8, 4) is 6.07 Å². The molecule has 4 aromatic heterocycles. The molecule has 0 saturated carbocycles. The minimum atomic E-state index is -4.05. The molecule has 0 aliphatic carbocycles. The first kappa shape index (κ1) is 56.9. The summed E-state index contributed by atoms with van der Waals surface area (Å²) in [6, 6.07) is 10.7. The van der Waals surface area contributed by atoms with E-state index in [0.717, 1.165) is 0 Å². The van der Waals surface area contributed by atoms with Crippen molar-refractivity contribution < 1.29 is 55.4 Å². The lowest BCUT2D eigenvalue weighted by molar-refractivity contribution is -0.118. The molecule has 0 radical (unpaired) electrons. The van der Waals surface area contributed by atoms with E-state index >= 15 is 0 Å². The second-order valence-electron chi connectivity index (χ2n) is 21.7. The fourth-order valence-corrected chi connectivity index (χ4v) is 13.4. The van der Waals surface area contributed by atoms with Crippen molar-refractivity contribution in [2.75, 3.05) is 30.5 Å². The van der Waals surface area contributed by atoms with Gasteiger partial charge in [-0.2, -0.15) is 10.2 Å². The Kier molecular flexibility index (Phi) is 16.8. The molecule has 7 heterocycles. The van der Waals surface area contributed by atoms with Gasteiger partial charge in [0, 0.05) is 11.5 Å². The van der Waals surface area contributed by atoms with E-state index in [2.05, 4.69) is 101 Å². The summed E-state index contributed by atoms with van der Waals surface area (Å²) < 4.78 is 64.1. The minimum Gasteiger partial charge on any atom is -0.408 e. The molecule has 3 saturated heterocycles. The van der Waals surface area contributed by atoms with Gasteiger partial charge in [-0.15, -0.1) is 0 Å². The van der Waals surface area contributed by atoms with Crippen molar-refractivity contribution in [3.05, 3.63) is 65.2 Å².